The van der Waals surface area contributed by atoms with Crippen molar-refractivity contribution in [2.75, 3.05) is 0 Å². The summed E-state index contributed by atoms with van der Waals surface area (Å²) in [5.74, 6) is 0. The van der Waals surface area contributed by atoms with Crippen LogP contribution in [0.2, 0.25) is 28.1 Å². The summed E-state index contributed by atoms with van der Waals surface area (Å²) in [5, 5.41) is 0. The summed E-state index contributed by atoms with van der Waals surface area (Å²) in [6.07, 6.45) is 16.9. The van der Waals surface area contributed by atoms with Gasteiger partial charge in [-0.1, -0.05) is 0 Å². The van der Waals surface area contributed by atoms with E-state index < -0.39 is 28.9 Å². The van der Waals surface area contributed by atoms with E-state index in [1.165, 1.54) is 42.5 Å². The third-order valence-corrected chi connectivity index (χ3v) is 108. The molecule has 1 aliphatic rings. The quantitative estimate of drug-likeness (QED) is 0.236. The number of hydrogen-bond acceptors (Lipinski definition) is 0. The van der Waals surface area contributed by atoms with Crippen LogP contribution in [0.4, 0.5) is 0 Å². The fourth-order valence-corrected chi connectivity index (χ4v) is 60.0. The van der Waals surface area contributed by atoms with Gasteiger partial charge in [0.25, 0.3) is 0 Å². The molecule has 0 aliphatic heterocycles. The molecular weight excluding hydrogens is 454 g/mol. The van der Waals surface area contributed by atoms with Gasteiger partial charge in [0.15, 0.2) is 0 Å². The van der Waals surface area contributed by atoms with Gasteiger partial charge < -0.3 is 0 Å². The maximum atomic E-state index is 2.86. The average Bonchev–Trinajstić information content (AvgIpc) is 2.43. The van der Waals surface area contributed by atoms with Gasteiger partial charge in [0.05, 0.1) is 0 Å². The molecule has 0 heterocycles. The van der Waals surface area contributed by atoms with Crippen LogP contribution in [0.3, 0.4) is 0 Å². The van der Waals surface area contributed by atoms with Gasteiger partial charge in [-0.05, 0) is 0 Å². The first-order valence-electron chi connectivity index (χ1n) is 9.42. The van der Waals surface area contributed by atoms with E-state index in [1.807, 2.05) is 0 Å². The zero-order chi connectivity index (χ0) is 15.1. The molecule has 0 aromatic rings. The van der Waals surface area contributed by atoms with Gasteiger partial charge in [-0.25, -0.2) is 0 Å². The molecule has 0 bridgehead atoms. The summed E-state index contributed by atoms with van der Waals surface area (Å²) < 4.78 is 2.99. The summed E-state index contributed by atoms with van der Waals surface area (Å²) in [7, 11) is 0. The molecule has 0 N–H and O–H groups in total. The van der Waals surface area contributed by atoms with Crippen molar-refractivity contribution < 1.29 is 0 Å². The van der Waals surface area contributed by atoms with Crippen molar-refractivity contribution >= 4 is 28.9 Å². The normalized spacial score (nSPS) is 18.4. The second-order valence-electron chi connectivity index (χ2n) is 8.46. The summed E-state index contributed by atoms with van der Waals surface area (Å²) in [6, 6.07) is 0. The predicted molar refractivity (Wildman–Crippen MR) is 100.0 cm³/mol. The van der Waals surface area contributed by atoms with E-state index in [4.69, 9.17) is 0 Å². The fourth-order valence-electron chi connectivity index (χ4n) is 4.05. The second-order valence-corrected chi connectivity index (χ2v) is 83.4. The van der Waals surface area contributed by atoms with Gasteiger partial charge in [-0.3, -0.25) is 0 Å². The van der Waals surface area contributed by atoms with E-state index in [1.54, 1.807) is 36.5 Å². The zero-order valence-corrected chi connectivity index (χ0v) is 20.8. The number of hydrogen-bond donors (Lipinski definition) is 0. The van der Waals surface area contributed by atoms with E-state index in [9.17, 15) is 0 Å². The second kappa shape index (κ2) is 9.67. The topological polar surface area (TPSA) is 0 Å². The molecule has 0 aromatic carbocycles. The summed E-state index contributed by atoms with van der Waals surface area (Å²) in [6.45, 7) is 2.32. The Morgan fingerprint density at radius 2 is 1.30 bits per heavy atom. The molecule has 0 nitrogen and oxygen atoms in total. The molecule has 0 radical (unpaired) electrons. The molecule has 20 heavy (non-hydrogen) atoms. The van der Waals surface area contributed by atoms with Crippen LogP contribution in [0.15, 0.2) is 0 Å². The van der Waals surface area contributed by atoms with Crippen molar-refractivity contribution in [3.8, 4) is 0 Å². The van der Waals surface area contributed by atoms with Crippen LogP contribution in [-0.4, -0.2) is 28.9 Å². The van der Waals surface area contributed by atoms with Gasteiger partial charge in [0.2, 0.25) is 0 Å². The van der Waals surface area contributed by atoms with Gasteiger partial charge in [-0.15, -0.1) is 0 Å². The molecule has 0 saturated heterocycles. The van der Waals surface area contributed by atoms with Crippen LogP contribution in [0, 0.1) is 0 Å². The zero-order valence-electron chi connectivity index (χ0n) is 15.1. The van der Waals surface area contributed by atoms with Crippen molar-refractivity contribution in [2.24, 2.45) is 0 Å². The van der Waals surface area contributed by atoms with E-state index in [-0.39, 0.29) is 0 Å². The summed E-state index contributed by atoms with van der Waals surface area (Å²) in [4.78, 5) is 11.4. The van der Waals surface area contributed by atoms with Crippen LogP contribution in [-0.2, 0) is 0 Å². The van der Waals surface area contributed by atoms with E-state index in [2.05, 4.69) is 26.7 Å². The van der Waals surface area contributed by atoms with Gasteiger partial charge in [0, 0.05) is 0 Å². The van der Waals surface area contributed by atoms with Crippen molar-refractivity contribution in [1.29, 1.82) is 0 Å². The average molecular weight is 494 g/mol. The van der Waals surface area contributed by atoms with Crippen molar-refractivity contribution in [3.05, 3.63) is 0 Å². The van der Waals surface area contributed by atoms with Crippen LogP contribution in [0.25, 0.3) is 0 Å². The third-order valence-electron chi connectivity index (χ3n) is 6.53. The molecule has 120 valence electrons. The van der Waals surface area contributed by atoms with Gasteiger partial charge >= 0.3 is 135 Å². The van der Waals surface area contributed by atoms with E-state index in [0.717, 1.165) is 0 Å². The van der Waals surface area contributed by atoms with Gasteiger partial charge in [-0.2, -0.15) is 0 Å². The Balaban J connectivity index is 2.36. The molecular formula is C18H40Sn2. The fraction of sp³-hybridized carbons (Fsp3) is 1.00. The SMILES string of the molecule is CCCCCCC[CH2][Sn]([CH3])([CH3])[Sn]([CH3])([CH3])[CH]1CCCCC1. The van der Waals surface area contributed by atoms with Crippen molar-refractivity contribution in [1.82, 2.24) is 0 Å². The van der Waals surface area contributed by atoms with E-state index >= 15 is 0 Å². The van der Waals surface area contributed by atoms with Crippen molar-refractivity contribution in [3.63, 3.8) is 0 Å². The van der Waals surface area contributed by atoms with Crippen LogP contribution in [0.1, 0.15) is 77.6 Å². The Bertz CT molecular complexity index is 252. The standard InChI is InChI=1S/C8H17.C6H11.4CH3.2Sn/c1-3-5-7-8-6-4-2;1-2-4-6-5-3-1;;;;;;/h1,3-8H2,2H3;1H,2-6H2;4*1H3;;. The monoisotopic (exact) mass is 496 g/mol. The molecule has 2 heteroatoms. The Morgan fingerprint density at radius 1 is 0.750 bits per heavy atom. The Hall–Kier alpha value is 1.60. The third kappa shape index (κ3) is 6.00. The molecule has 0 spiro atoms. The minimum absolute atomic E-state index is 1.27. The van der Waals surface area contributed by atoms with Crippen LogP contribution in [0.5, 0.6) is 0 Å². The number of unbranched alkanes of at least 4 members (excludes halogenated alkanes) is 5. The molecule has 1 saturated carbocycles. The first-order valence-corrected chi connectivity index (χ1v) is 35.5. The van der Waals surface area contributed by atoms with Crippen LogP contribution < -0.4 is 0 Å². The van der Waals surface area contributed by atoms with Crippen LogP contribution >= 0.6 is 0 Å². The number of rotatable bonds is 9. The van der Waals surface area contributed by atoms with Gasteiger partial charge in [0.1, 0.15) is 0 Å². The Labute approximate surface area is 133 Å². The minimum atomic E-state index is -1.72. The molecule has 0 atom stereocenters. The summed E-state index contributed by atoms with van der Waals surface area (Å²) in [5.41, 5.74) is 0. The molecule has 0 aromatic heterocycles. The molecule has 1 rings (SSSR count). The maximum absolute atomic E-state index is 2.86. The predicted octanol–water partition coefficient (Wildman–Crippen LogP) is 7.18. The molecule has 0 amide bonds. The Kier molecular flexibility index (Phi) is 9.50. The summed E-state index contributed by atoms with van der Waals surface area (Å²) >= 11 is -3.41. The molecule has 0 unspecified atom stereocenters. The first kappa shape index (κ1) is 19.6. The Morgan fingerprint density at radius 3 is 1.90 bits per heavy atom. The van der Waals surface area contributed by atoms with Crippen molar-refractivity contribution in [2.45, 2.75) is 106 Å². The molecule has 1 fully saturated rings. The molecule has 1 aliphatic carbocycles. The first-order chi connectivity index (χ1) is 9.42. The van der Waals surface area contributed by atoms with E-state index in [0.29, 0.717) is 0 Å².